The monoisotopic (exact) mass is 264 g/mol. The molecule has 0 aliphatic rings. The van der Waals surface area contributed by atoms with E-state index in [1.165, 1.54) is 11.5 Å². The van der Waals surface area contributed by atoms with Gasteiger partial charge >= 0.3 is 0 Å². The van der Waals surface area contributed by atoms with Crippen LogP contribution in [0.5, 0.6) is 0 Å². The molecule has 0 amide bonds. The predicted molar refractivity (Wildman–Crippen MR) is 69.8 cm³/mol. The number of hydrogen-bond donors (Lipinski definition) is 1. The summed E-state index contributed by atoms with van der Waals surface area (Å²) in [6.07, 6.45) is 0. The first-order valence-corrected chi connectivity index (χ1v) is 6.17. The van der Waals surface area contributed by atoms with E-state index < -0.39 is 0 Å². The summed E-state index contributed by atoms with van der Waals surface area (Å²) in [5.74, 6) is 0. The molecule has 2 aromatic rings. The van der Waals surface area contributed by atoms with E-state index in [1.807, 2.05) is 13.8 Å². The van der Waals surface area contributed by atoms with Crippen LogP contribution in [0.1, 0.15) is 16.8 Å². The SMILES string of the molecule is Cc1cc(NCc2csnn2)c([N+](=O)[O-])cc1C. The van der Waals surface area contributed by atoms with Gasteiger partial charge in [-0.15, -0.1) is 5.10 Å². The van der Waals surface area contributed by atoms with Crippen molar-refractivity contribution >= 4 is 22.9 Å². The van der Waals surface area contributed by atoms with E-state index >= 15 is 0 Å². The molecule has 18 heavy (non-hydrogen) atoms. The Hall–Kier alpha value is -2.02. The van der Waals surface area contributed by atoms with Crippen molar-refractivity contribution in [3.63, 3.8) is 0 Å². The Kier molecular flexibility index (Phi) is 3.52. The number of rotatable bonds is 4. The maximum atomic E-state index is 11.0. The quantitative estimate of drug-likeness (QED) is 0.678. The lowest BCUT2D eigenvalue weighted by atomic mass is 10.1. The number of nitrogens with one attached hydrogen (secondary N) is 1. The van der Waals surface area contributed by atoms with Crippen molar-refractivity contribution in [3.8, 4) is 0 Å². The minimum absolute atomic E-state index is 0.0845. The number of benzene rings is 1. The van der Waals surface area contributed by atoms with Gasteiger partial charge < -0.3 is 5.32 Å². The number of nitro benzene ring substituents is 1. The lowest BCUT2D eigenvalue weighted by Crippen LogP contribution is -2.04. The molecule has 0 unspecified atom stereocenters. The fourth-order valence-corrected chi connectivity index (χ4v) is 1.99. The van der Waals surface area contributed by atoms with Crippen molar-refractivity contribution in [2.24, 2.45) is 0 Å². The molecule has 0 bridgehead atoms. The smallest absolute Gasteiger partial charge is 0.292 e. The molecule has 1 aromatic carbocycles. The number of aryl methyl sites for hydroxylation is 2. The maximum Gasteiger partial charge on any atom is 0.292 e. The van der Waals surface area contributed by atoms with Gasteiger partial charge in [-0.05, 0) is 42.6 Å². The second-order valence-corrected chi connectivity index (χ2v) is 4.57. The van der Waals surface area contributed by atoms with Gasteiger partial charge in [-0.3, -0.25) is 10.1 Å². The molecule has 7 heteroatoms. The van der Waals surface area contributed by atoms with Crippen molar-refractivity contribution in [2.45, 2.75) is 20.4 Å². The van der Waals surface area contributed by atoms with Crippen LogP contribution in [-0.4, -0.2) is 14.5 Å². The van der Waals surface area contributed by atoms with Crippen LogP contribution < -0.4 is 5.32 Å². The zero-order chi connectivity index (χ0) is 13.1. The first-order valence-electron chi connectivity index (χ1n) is 5.33. The van der Waals surface area contributed by atoms with Gasteiger partial charge in [0.15, 0.2) is 0 Å². The zero-order valence-electron chi connectivity index (χ0n) is 10.0. The largest absolute Gasteiger partial charge is 0.374 e. The summed E-state index contributed by atoms with van der Waals surface area (Å²) in [6.45, 7) is 4.21. The highest BCUT2D eigenvalue weighted by Gasteiger charge is 2.15. The second kappa shape index (κ2) is 5.09. The molecule has 94 valence electrons. The maximum absolute atomic E-state index is 11.0. The average molecular weight is 264 g/mol. The van der Waals surface area contributed by atoms with Crippen molar-refractivity contribution in [2.75, 3.05) is 5.32 Å². The molecule has 0 aliphatic carbocycles. The van der Waals surface area contributed by atoms with Crippen LogP contribution >= 0.6 is 11.5 Å². The molecule has 0 fully saturated rings. The van der Waals surface area contributed by atoms with Crippen LogP contribution in [0.25, 0.3) is 0 Å². The van der Waals surface area contributed by atoms with E-state index in [-0.39, 0.29) is 10.6 Å². The van der Waals surface area contributed by atoms with Crippen LogP contribution in [0.2, 0.25) is 0 Å². The molecule has 0 saturated carbocycles. The fourth-order valence-electron chi connectivity index (χ4n) is 1.54. The molecule has 6 nitrogen and oxygen atoms in total. The minimum atomic E-state index is -0.381. The Morgan fingerprint density at radius 2 is 2.11 bits per heavy atom. The van der Waals surface area contributed by atoms with Gasteiger partial charge in [0.1, 0.15) is 5.69 Å². The fraction of sp³-hybridized carbons (Fsp3) is 0.273. The number of aromatic nitrogens is 2. The molecule has 0 saturated heterocycles. The molecule has 2 rings (SSSR count). The summed E-state index contributed by atoms with van der Waals surface area (Å²) in [4.78, 5) is 10.6. The van der Waals surface area contributed by atoms with Crippen LogP contribution in [0.4, 0.5) is 11.4 Å². The van der Waals surface area contributed by atoms with Gasteiger partial charge in [-0.2, -0.15) is 0 Å². The summed E-state index contributed by atoms with van der Waals surface area (Å²) in [6, 6.07) is 3.37. The van der Waals surface area contributed by atoms with Gasteiger partial charge in [-0.25, -0.2) is 0 Å². The molecule has 0 spiro atoms. The number of anilines is 1. The van der Waals surface area contributed by atoms with Crippen molar-refractivity contribution < 1.29 is 4.92 Å². The van der Waals surface area contributed by atoms with Crippen LogP contribution in [0, 0.1) is 24.0 Å². The molecule has 1 heterocycles. The van der Waals surface area contributed by atoms with Gasteiger partial charge in [0.25, 0.3) is 5.69 Å². The van der Waals surface area contributed by atoms with Crippen molar-refractivity contribution in [3.05, 3.63) is 44.4 Å². The van der Waals surface area contributed by atoms with Crippen LogP contribution in [0.3, 0.4) is 0 Å². The summed E-state index contributed by atoms with van der Waals surface area (Å²) in [5.41, 5.74) is 3.28. The van der Waals surface area contributed by atoms with Gasteiger partial charge in [0.2, 0.25) is 0 Å². The van der Waals surface area contributed by atoms with E-state index in [9.17, 15) is 10.1 Å². The van der Waals surface area contributed by atoms with E-state index in [1.54, 1.807) is 17.5 Å². The highest BCUT2D eigenvalue weighted by Crippen LogP contribution is 2.28. The Morgan fingerprint density at radius 3 is 2.72 bits per heavy atom. The number of hydrogen-bond acceptors (Lipinski definition) is 6. The number of nitro groups is 1. The first kappa shape index (κ1) is 12.4. The summed E-state index contributed by atoms with van der Waals surface area (Å²) < 4.78 is 3.74. The highest BCUT2D eigenvalue weighted by atomic mass is 32.1. The zero-order valence-corrected chi connectivity index (χ0v) is 10.8. The molecule has 1 aromatic heterocycles. The standard InChI is InChI=1S/C11H12N4O2S/c1-7-3-10(11(15(16)17)4-8(7)2)12-5-9-6-18-14-13-9/h3-4,6,12H,5H2,1-2H3. The third-order valence-corrected chi connectivity index (χ3v) is 3.23. The molecular formula is C11H12N4O2S. The average Bonchev–Trinajstić information content (AvgIpc) is 2.83. The van der Waals surface area contributed by atoms with Gasteiger partial charge in [-0.1, -0.05) is 4.49 Å². The Balaban J connectivity index is 2.25. The molecule has 0 radical (unpaired) electrons. The van der Waals surface area contributed by atoms with Gasteiger partial charge in [0.05, 0.1) is 17.2 Å². The second-order valence-electron chi connectivity index (χ2n) is 3.96. The third kappa shape index (κ3) is 2.62. The van der Waals surface area contributed by atoms with Crippen LogP contribution in [-0.2, 0) is 6.54 Å². The lowest BCUT2D eigenvalue weighted by molar-refractivity contribution is -0.384. The van der Waals surface area contributed by atoms with E-state index in [0.29, 0.717) is 12.2 Å². The predicted octanol–water partition coefficient (Wildman–Crippen LogP) is 2.68. The van der Waals surface area contributed by atoms with E-state index in [4.69, 9.17) is 0 Å². The molecule has 0 atom stereocenters. The highest BCUT2D eigenvalue weighted by molar-refractivity contribution is 7.03. The van der Waals surface area contributed by atoms with Crippen LogP contribution in [0.15, 0.2) is 17.5 Å². The molecular weight excluding hydrogens is 252 g/mol. The van der Waals surface area contributed by atoms with Crippen molar-refractivity contribution in [1.82, 2.24) is 9.59 Å². The minimum Gasteiger partial charge on any atom is -0.374 e. The Bertz CT molecular complexity index is 569. The third-order valence-electron chi connectivity index (χ3n) is 2.67. The molecule has 0 aliphatic heterocycles. The first-order chi connectivity index (χ1) is 8.58. The lowest BCUT2D eigenvalue weighted by Gasteiger charge is -2.08. The van der Waals surface area contributed by atoms with Gasteiger partial charge in [0, 0.05) is 11.4 Å². The Morgan fingerprint density at radius 1 is 1.39 bits per heavy atom. The summed E-state index contributed by atoms with van der Waals surface area (Å²) in [5, 5.41) is 19.7. The van der Waals surface area contributed by atoms with E-state index in [0.717, 1.165) is 16.8 Å². The topological polar surface area (TPSA) is 81.0 Å². The Labute approximate surface area is 108 Å². The van der Waals surface area contributed by atoms with E-state index in [2.05, 4.69) is 14.9 Å². The summed E-state index contributed by atoms with van der Waals surface area (Å²) >= 11 is 1.26. The summed E-state index contributed by atoms with van der Waals surface area (Å²) in [7, 11) is 0. The molecule has 1 N–H and O–H groups in total. The number of nitrogens with zero attached hydrogens (tertiary/aromatic N) is 3. The van der Waals surface area contributed by atoms with Crippen molar-refractivity contribution in [1.29, 1.82) is 0 Å². The normalized spacial score (nSPS) is 10.3.